The highest BCUT2D eigenvalue weighted by atomic mass is 32.2. The van der Waals surface area contributed by atoms with Crippen molar-refractivity contribution in [1.82, 2.24) is 9.97 Å². The van der Waals surface area contributed by atoms with Gasteiger partial charge in [-0.1, -0.05) is 11.8 Å². The maximum atomic E-state index is 5.64. The largest absolute Gasteiger partial charge is 0.472 e. The summed E-state index contributed by atoms with van der Waals surface area (Å²) in [5, 5.41) is 0.758. The molecule has 14 heavy (non-hydrogen) atoms. The first-order chi connectivity index (χ1) is 6.86. The van der Waals surface area contributed by atoms with E-state index in [1.165, 1.54) is 0 Å². The maximum absolute atomic E-state index is 5.64. The van der Waals surface area contributed by atoms with Crippen LogP contribution in [0.2, 0.25) is 0 Å². The average molecular weight is 207 g/mol. The van der Waals surface area contributed by atoms with Gasteiger partial charge in [-0.15, -0.1) is 0 Å². The van der Waals surface area contributed by atoms with E-state index in [1.54, 1.807) is 36.7 Å². The Balaban J connectivity index is 2.02. The molecule has 0 spiro atoms. The molecule has 0 saturated carbocycles. The van der Waals surface area contributed by atoms with E-state index in [2.05, 4.69) is 9.97 Å². The molecule has 0 saturated heterocycles. The minimum Gasteiger partial charge on any atom is -0.472 e. The number of nitrogens with two attached hydrogens (primary N) is 1. The fourth-order valence-electron chi connectivity index (χ4n) is 0.974. The topological polar surface area (TPSA) is 64.9 Å². The minimum absolute atomic E-state index is 0.473. The maximum Gasteiger partial charge on any atom is 0.156 e. The second-order valence-electron chi connectivity index (χ2n) is 2.67. The lowest BCUT2D eigenvalue weighted by molar-refractivity contribution is 0.565. The van der Waals surface area contributed by atoms with Crippen molar-refractivity contribution in [3.8, 4) is 0 Å². The fourth-order valence-corrected chi connectivity index (χ4v) is 1.78. The summed E-state index contributed by atoms with van der Waals surface area (Å²) < 4.78 is 4.95. The predicted molar refractivity (Wildman–Crippen MR) is 54.7 cm³/mol. The van der Waals surface area contributed by atoms with E-state index in [0.717, 1.165) is 16.3 Å². The third-order valence-electron chi connectivity index (χ3n) is 1.65. The molecule has 4 nitrogen and oxygen atoms in total. The van der Waals surface area contributed by atoms with Gasteiger partial charge in [0.25, 0.3) is 0 Å². The van der Waals surface area contributed by atoms with E-state index in [1.807, 2.05) is 6.07 Å². The first-order valence-corrected chi connectivity index (χ1v) is 5.05. The number of nitrogen functional groups attached to an aromatic ring is 1. The van der Waals surface area contributed by atoms with Crippen LogP contribution in [0, 0.1) is 0 Å². The molecule has 72 valence electrons. The van der Waals surface area contributed by atoms with Crippen molar-refractivity contribution in [2.24, 2.45) is 0 Å². The molecular weight excluding hydrogens is 198 g/mol. The van der Waals surface area contributed by atoms with Crippen LogP contribution in [0.25, 0.3) is 0 Å². The molecule has 2 N–H and O–H groups in total. The van der Waals surface area contributed by atoms with Crippen molar-refractivity contribution in [3.05, 3.63) is 36.5 Å². The van der Waals surface area contributed by atoms with E-state index in [0.29, 0.717) is 5.82 Å². The number of nitrogens with zero attached hydrogens (tertiary/aromatic N) is 2. The number of hydrogen-bond acceptors (Lipinski definition) is 5. The summed E-state index contributed by atoms with van der Waals surface area (Å²) >= 11 is 1.55. The van der Waals surface area contributed by atoms with Gasteiger partial charge in [0.15, 0.2) is 5.82 Å². The Hall–Kier alpha value is -1.49. The SMILES string of the molecule is Nc1nccnc1SCc1ccoc1. The molecule has 2 aromatic rings. The summed E-state index contributed by atoms with van der Waals surface area (Å²) in [5.41, 5.74) is 6.75. The number of furan rings is 1. The molecule has 0 aliphatic carbocycles. The molecule has 0 radical (unpaired) electrons. The number of aromatic nitrogens is 2. The highest BCUT2D eigenvalue weighted by molar-refractivity contribution is 7.98. The fraction of sp³-hybridized carbons (Fsp3) is 0.111. The van der Waals surface area contributed by atoms with E-state index >= 15 is 0 Å². The van der Waals surface area contributed by atoms with Crippen LogP contribution in [0.15, 0.2) is 40.4 Å². The van der Waals surface area contributed by atoms with E-state index in [9.17, 15) is 0 Å². The summed E-state index contributed by atoms with van der Waals surface area (Å²) in [5.74, 6) is 1.26. The quantitative estimate of drug-likeness (QED) is 0.779. The molecule has 0 aromatic carbocycles. The number of hydrogen-bond donors (Lipinski definition) is 1. The summed E-state index contributed by atoms with van der Waals surface area (Å²) in [4.78, 5) is 8.07. The summed E-state index contributed by atoms with van der Waals surface area (Å²) in [6.45, 7) is 0. The molecule has 2 rings (SSSR count). The van der Waals surface area contributed by atoms with Crippen LogP contribution in [-0.2, 0) is 5.75 Å². The summed E-state index contributed by atoms with van der Waals surface area (Å²) in [7, 11) is 0. The lowest BCUT2D eigenvalue weighted by Crippen LogP contribution is -1.94. The van der Waals surface area contributed by atoms with Crippen molar-refractivity contribution in [2.75, 3.05) is 5.73 Å². The molecule has 0 fully saturated rings. The van der Waals surface area contributed by atoms with Crippen LogP contribution < -0.4 is 5.73 Å². The molecular formula is C9H9N3OS. The van der Waals surface area contributed by atoms with Crippen LogP contribution in [-0.4, -0.2) is 9.97 Å². The van der Waals surface area contributed by atoms with Crippen LogP contribution in [0.5, 0.6) is 0 Å². The molecule has 0 amide bonds. The van der Waals surface area contributed by atoms with Crippen LogP contribution in [0.3, 0.4) is 0 Å². The zero-order valence-electron chi connectivity index (χ0n) is 7.38. The highest BCUT2D eigenvalue weighted by Gasteiger charge is 2.02. The third kappa shape index (κ3) is 2.05. The first kappa shape index (κ1) is 9.08. The standard InChI is InChI=1S/C9H9N3OS/c10-8-9(12-3-2-11-8)14-6-7-1-4-13-5-7/h1-5H,6H2,(H2,10,11). The average Bonchev–Trinajstić information content (AvgIpc) is 2.69. The Morgan fingerprint density at radius 2 is 2.21 bits per heavy atom. The van der Waals surface area contributed by atoms with E-state index < -0.39 is 0 Å². The van der Waals surface area contributed by atoms with Crippen LogP contribution in [0.1, 0.15) is 5.56 Å². The van der Waals surface area contributed by atoms with Gasteiger partial charge in [0, 0.05) is 23.7 Å². The normalized spacial score (nSPS) is 10.3. The van der Waals surface area contributed by atoms with Crippen molar-refractivity contribution in [2.45, 2.75) is 10.8 Å². The number of thioether (sulfide) groups is 1. The minimum atomic E-state index is 0.473. The first-order valence-electron chi connectivity index (χ1n) is 4.06. The van der Waals surface area contributed by atoms with Gasteiger partial charge in [-0.2, -0.15) is 0 Å². The molecule has 2 aromatic heterocycles. The zero-order valence-corrected chi connectivity index (χ0v) is 8.20. The molecule has 0 aliphatic rings. The van der Waals surface area contributed by atoms with Crippen molar-refractivity contribution < 1.29 is 4.42 Å². The van der Waals surface area contributed by atoms with Crippen LogP contribution >= 0.6 is 11.8 Å². The Labute approximate surface area is 85.6 Å². The predicted octanol–water partition coefficient (Wildman–Crippen LogP) is 1.94. The van der Waals surface area contributed by atoms with Gasteiger partial charge in [-0.25, -0.2) is 9.97 Å². The monoisotopic (exact) mass is 207 g/mol. The molecule has 0 bridgehead atoms. The highest BCUT2D eigenvalue weighted by Crippen LogP contribution is 2.23. The van der Waals surface area contributed by atoms with Gasteiger partial charge < -0.3 is 10.2 Å². The van der Waals surface area contributed by atoms with Gasteiger partial charge in [0.1, 0.15) is 5.03 Å². The molecule has 0 unspecified atom stereocenters. The molecule has 0 aliphatic heterocycles. The second kappa shape index (κ2) is 4.15. The lowest BCUT2D eigenvalue weighted by atomic mass is 10.4. The number of anilines is 1. The zero-order chi connectivity index (χ0) is 9.80. The van der Waals surface area contributed by atoms with E-state index in [4.69, 9.17) is 10.2 Å². The Morgan fingerprint density at radius 1 is 1.36 bits per heavy atom. The second-order valence-corrected chi connectivity index (χ2v) is 3.63. The summed E-state index contributed by atoms with van der Waals surface area (Å²) in [6.07, 6.45) is 6.57. The third-order valence-corrected chi connectivity index (χ3v) is 2.71. The van der Waals surface area contributed by atoms with Crippen molar-refractivity contribution in [1.29, 1.82) is 0 Å². The smallest absolute Gasteiger partial charge is 0.156 e. The van der Waals surface area contributed by atoms with Gasteiger partial charge in [0.05, 0.1) is 12.5 Å². The van der Waals surface area contributed by atoms with Gasteiger partial charge >= 0.3 is 0 Å². The van der Waals surface area contributed by atoms with Crippen molar-refractivity contribution in [3.63, 3.8) is 0 Å². The van der Waals surface area contributed by atoms with Gasteiger partial charge in [0.2, 0.25) is 0 Å². The number of rotatable bonds is 3. The molecule has 0 atom stereocenters. The lowest BCUT2D eigenvalue weighted by Gasteiger charge is -2.00. The van der Waals surface area contributed by atoms with Gasteiger partial charge in [-0.05, 0) is 6.07 Å². The molecule has 5 heteroatoms. The Kier molecular flexibility index (Phi) is 2.69. The Bertz CT molecular complexity index is 402. The Morgan fingerprint density at radius 3 is 2.93 bits per heavy atom. The van der Waals surface area contributed by atoms with E-state index in [-0.39, 0.29) is 0 Å². The van der Waals surface area contributed by atoms with Gasteiger partial charge in [-0.3, -0.25) is 0 Å². The van der Waals surface area contributed by atoms with Crippen molar-refractivity contribution >= 4 is 17.6 Å². The van der Waals surface area contributed by atoms with Crippen LogP contribution in [0.4, 0.5) is 5.82 Å². The summed E-state index contributed by atoms with van der Waals surface area (Å²) in [6, 6.07) is 1.92. The molecule has 2 heterocycles.